The van der Waals surface area contributed by atoms with E-state index in [-0.39, 0.29) is 0 Å². The highest BCUT2D eigenvalue weighted by Gasteiger charge is 2.52. The van der Waals surface area contributed by atoms with Crippen LogP contribution in [-0.2, 0) is 5.41 Å². The molecule has 1 aromatic heterocycles. The van der Waals surface area contributed by atoms with Crippen molar-refractivity contribution >= 4 is 49.8 Å². The number of benzene rings is 11. The molecule has 1 heterocycles. The monoisotopic (exact) mass is 851 g/mol. The minimum atomic E-state index is -0.492. The zero-order valence-corrected chi connectivity index (χ0v) is 36.5. The van der Waals surface area contributed by atoms with E-state index in [1.807, 2.05) is 0 Å². The van der Waals surface area contributed by atoms with Gasteiger partial charge in [-0.25, -0.2) is 0 Å². The lowest BCUT2D eigenvalue weighted by Gasteiger charge is -2.33. The van der Waals surface area contributed by atoms with Crippen LogP contribution in [0.4, 0.5) is 17.1 Å². The molecule has 0 unspecified atom stereocenters. The molecule has 0 amide bonds. The highest BCUT2D eigenvalue weighted by atomic mass is 16.3. The summed E-state index contributed by atoms with van der Waals surface area (Å²) in [5.41, 5.74) is 21.9. The van der Waals surface area contributed by atoms with Crippen LogP contribution in [0.25, 0.3) is 88.3 Å². The van der Waals surface area contributed by atoms with Crippen molar-refractivity contribution < 1.29 is 4.42 Å². The Bertz CT molecular complexity index is 3890. The number of hydrogen-bond acceptors (Lipinski definition) is 2. The molecular formula is C65H41NO. The van der Waals surface area contributed by atoms with Crippen LogP contribution in [0, 0.1) is 0 Å². The number of anilines is 3. The molecule has 312 valence electrons. The quantitative estimate of drug-likeness (QED) is 0.166. The number of nitrogens with zero attached hydrogens (tertiary/aromatic N) is 1. The average Bonchev–Trinajstić information content (AvgIpc) is 4.04. The number of hydrogen-bond donors (Lipinski definition) is 0. The Kier molecular flexibility index (Phi) is 8.23. The third-order valence-corrected chi connectivity index (χ3v) is 14.5. The predicted molar refractivity (Wildman–Crippen MR) is 279 cm³/mol. The van der Waals surface area contributed by atoms with Crippen molar-refractivity contribution in [3.63, 3.8) is 0 Å². The molecule has 0 N–H and O–H groups in total. The van der Waals surface area contributed by atoms with E-state index in [0.29, 0.717) is 0 Å². The average molecular weight is 852 g/mol. The molecule has 0 atom stereocenters. The van der Waals surface area contributed by atoms with E-state index in [1.54, 1.807) is 0 Å². The highest BCUT2D eigenvalue weighted by Crippen LogP contribution is 2.65. The van der Waals surface area contributed by atoms with Gasteiger partial charge in [0, 0.05) is 32.7 Å². The molecule has 0 saturated carbocycles. The first kappa shape index (κ1) is 37.6. The number of rotatable bonds is 6. The molecule has 0 aliphatic heterocycles. The van der Waals surface area contributed by atoms with E-state index >= 15 is 0 Å². The van der Waals surface area contributed by atoms with Gasteiger partial charge in [0.1, 0.15) is 11.2 Å². The fraction of sp³-hybridized carbons (Fsp3) is 0.0154. The van der Waals surface area contributed by atoms with Crippen LogP contribution in [0.15, 0.2) is 253 Å². The fourth-order valence-corrected chi connectivity index (χ4v) is 11.9. The molecule has 0 fully saturated rings. The van der Waals surface area contributed by atoms with Gasteiger partial charge in [0.25, 0.3) is 0 Å². The first-order valence-corrected chi connectivity index (χ1v) is 23.2. The molecule has 0 saturated heterocycles. The van der Waals surface area contributed by atoms with Crippen molar-refractivity contribution in [2.24, 2.45) is 0 Å². The molecule has 2 aliphatic carbocycles. The highest BCUT2D eigenvalue weighted by molar-refractivity contribution is 6.23. The Morgan fingerprint density at radius 3 is 1.48 bits per heavy atom. The van der Waals surface area contributed by atoms with Crippen molar-refractivity contribution in [3.05, 3.63) is 271 Å². The van der Waals surface area contributed by atoms with Crippen LogP contribution >= 0.6 is 0 Å². The first-order chi connectivity index (χ1) is 33.3. The Hall–Kier alpha value is -8.72. The number of fused-ring (bicyclic) bond motifs is 15. The van der Waals surface area contributed by atoms with Gasteiger partial charge in [0.15, 0.2) is 0 Å². The lowest BCUT2D eigenvalue weighted by Crippen LogP contribution is -2.26. The molecule has 2 heteroatoms. The van der Waals surface area contributed by atoms with E-state index in [4.69, 9.17) is 4.42 Å². The fourth-order valence-electron chi connectivity index (χ4n) is 11.9. The van der Waals surface area contributed by atoms with Crippen LogP contribution in [-0.4, -0.2) is 0 Å². The van der Waals surface area contributed by atoms with Crippen LogP contribution < -0.4 is 4.90 Å². The number of furan rings is 1. The minimum Gasteiger partial charge on any atom is -0.455 e. The molecule has 2 aliphatic rings. The summed E-state index contributed by atoms with van der Waals surface area (Å²) in [6.07, 6.45) is 0. The largest absolute Gasteiger partial charge is 0.455 e. The summed E-state index contributed by atoms with van der Waals surface area (Å²) in [6.45, 7) is 0. The van der Waals surface area contributed by atoms with Crippen LogP contribution in [0.2, 0.25) is 0 Å². The summed E-state index contributed by atoms with van der Waals surface area (Å²) in [6, 6.07) is 91.2. The van der Waals surface area contributed by atoms with Crippen molar-refractivity contribution in [2.75, 3.05) is 4.90 Å². The topological polar surface area (TPSA) is 16.4 Å². The summed E-state index contributed by atoms with van der Waals surface area (Å²) < 4.78 is 7.04. The third-order valence-electron chi connectivity index (χ3n) is 14.5. The van der Waals surface area contributed by atoms with Gasteiger partial charge in [-0.05, 0) is 91.0 Å². The minimum absolute atomic E-state index is 0.492. The smallest absolute Gasteiger partial charge is 0.143 e. The summed E-state index contributed by atoms with van der Waals surface area (Å²) in [5.74, 6) is 0. The second kappa shape index (κ2) is 14.7. The zero-order chi connectivity index (χ0) is 44.1. The summed E-state index contributed by atoms with van der Waals surface area (Å²) in [4.78, 5) is 2.56. The van der Waals surface area contributed by atoms with Crippen molar-refractivity contribution in [1.29, 1.82) is 0 Å². The maximum Gasteiger partial charge on any atom is 0.143 e. The van der Waals surface area contributed by atoms with Gasteiger partial charge in [0.2, 0.25) is 0 Å². The second-order valence-corrected chi connectivity index (χ2v) is 17.8. The van der Waals surface area contributed by atoms with E-state index in [2.05, 4.69) is 254 Å². The van der Waals surface area contributed by atoms with Crippen molar-refractivity contribution in [3.8, 4) is 55.6 Å². The zero-order valence-electron chi connectivity index (χ0n) is 36.5. The van der Waals surface area contributed by atoms with Crippen LogP contribution in [0.1, 0.15) is 22.3 Å². The van der Waals surface area contributed by atoms with Crippen molar-refractivity contribution in [1.82, 2.24) is 0 Å². The van der Waals surface area contributed by atoms with E-state index in [9.17, 15) is 0 Å². The van der Waals surface area contributed by atoms with Crippen LogP contribution in [0.5, 0.6) is 0 Å². The van der Waals surface area contributed by atoms with Gasteiger partial charge in [-0.3, -0.25) is 0 Å². The van der Waals surface area contributed by atoms with Gasteiger partial charge >= 0.3 is 0 Å². The molecule has 1 spiro atoms. The SMILES string of the molecule is c1ccc(-c2ccccc2-c2cccc3oc4c5ccccc5c(N(c5ccccc5-c5ccccc5)c5cccc6c5-c5ccccc5C65c6ccccc6-c6ccccc65)cc4c23)cc1. The van der Waals surface area contributed by atoms with Gasteiger partial charge in [0.05, 0.1) is 22.5 Å². The molecular weight excluding hydrogens is 811 g/mol. The summed E-state index contributed by atoms with van der Waals surface area (Å²) >= 11 is 0. The molecule has 14 rings (SSSR count). The molecule has 0 radical (unpaired) electrons. The Balaban J connectivity index is 1.11. The van der Waals surface area contributed by atoms with Crippen LogP contribution in [0.3, 0.4) is 0 Å². The van der Waals surface area contributed by atoms with Crippen molar-refractivity contribution in [2.45, 2.75) is 5.41 Å². The van der Waals surface area contributed by atoms with Gasteiger partial charge in [-0.2, -0.15) is 0 Å². The lowest BCUT2D eigenvalue weighted by atomic mass is 9.70. The maximum absolute atomic E-state index is 7.04. The van der Waals surface area contributed by atoms with Gasteiger partial charge < -0.3 is 9.32 Å². The van der Waals surface area contributed by atoms with Gasteiger partial charge in [-0.15, -0.1) is 0 Å². The van der Waals surface area contributed by atoms with E-state index < -0.39 is 5.41 Å². The Morgan fingerprint density at radius 1 is 0.299 bits per heavy atom. The lowest BCUT2D eigenvalue weighted by molar-refractivity contribution is 0.673. The second-order valence-electron chi connectivity index (χ2n) is 17.8. The molecule has 12 aromatic rings. The summed E-state index contributed by atoms with van der Waals surface area (Å²) in [5, 5.41) is 4.36. The Labute approximate surface area is 389 Å². The molecule has 2 nitrogen and oxygen atoms in total. The van der Waals surface area contributed by atoms with E-state index in [1.165, 1.54) is 61.2 Å². The molecule has 0 bridgehead atoms. The Morgan fingerprint density at radius 2 is 0.776 bits per heavy atom. The molecule has 67 heavy (non-hydrogen) atoms. The van der Waals surface area contributed by atoms with E-state index in [0.717, 1.165) is 66.5 Å². The normalized spacial score (nSPS) is 12.9. The summed E-state index contributed by atoms with van der Waals surface area (Å²) in [7, 11) is 0. The standard InChI is InChI=1S/C65H41NO/c1-3-21-42(22-4-1)44-25-7-8-27-46(44)50-33-19-40-61-62(50)53-41-60(49-30-9-10-31-51(49)64(53)67-61)66(58-38-18-14-26-45(58)43-23-5-2-6-24-43)59-39-20-37-57-63(59)52-32-13-17-36-56(52)65(57)54-34-15-11-28-47(54)48-29-12-16-35-55(48)65/h1-41H. The predicted octanol–water partition coefficient (Wildman–Crippen LogP) is 17.6. The number of para-hydroxylation sites is 1. The molecule has 11 aromatic carbocycles. The third kappa shape index (κ3) is 5.33. The first-order valence-electron chi connectivity index (χ1n) is 23.2. The maximum atomic E-state index is 7.04. The van der Waals surface area contributed by atoms with Gasteiger partial charge in [-0.1, -0.05) is 224 Å².